The van der Waals surface area contributed by atoms with Crippen molar-refractivity contribution in [3.63, 3.8) is 0 Å². The van der Waals surface area contributed by atoms with E-state index in [2.05, 4.69) is 0 Å². The molecular formula is C33H44O7. The Hall–Kier alpha value is -3.61. The molecule has 7 nitrogen and oxygen atoms in total. The number of esters is 2. The van der Waals surface area contributed by atoms with E-state index in [-0.39, 0.29) is 17.9 Å². The van der Waals surface area contributed by atoms with Crippen LogP contribution in [0.25, 0.3) is 6.08 Å². The van der Waals surface area contributed by atoms with Crippen molar-refractivity contribution in [1.29, 1.82) is 0 Å². The van der Waals surface area contributed by atoms with Gasteiger partial charge in [-0.15, -0.1) is 0 Å². The molecule has 0 amide bonds. The van der Waals surface area contributed by atoms with E-state index >= 15 is 0 Å². The lowest BCUT2D eigenvalue weighted by Gasteiger charge is -2.26. The van der Waals surface area contributed by atoms with Crippen molar-refractivity contribution in [1.82, 2.24) is 0 Å². The molecule has 0 saturated heterocycles. The fraction of sp³-hybridized carbons (Fsp3) is 0.485. The number of hydrogen-bond donors (Lipinski definition) is 0. The molecule has 0 bridgehead atoms. The highest BCUT2D eigenvalue weighted by Gasteiger charge is 2.30. The third kappa shape index (κ3) is 7.96. The molecule has 218 valence electrons. The predicted octanol–water partition coefficient (Wildman–Crippen LogP) is 7.41. The largest absolute Gasteiger partial charge is 0.496 e. The molecule has 0 unspecified atom stereocenters. The second kappa shape index (κ2) is 13.2. The number of methoxy groups -OCH3 is 1. The number of rotatable bonds is 10. The normalized spacial score (nSPS) is 12.0. The van der Waals surface area contributed by atoms with Crippen molar-refractivity contribution in [2.24, 2.45) is 10.8 Å². The second-order valence-corrected chi connectivity index (χ2v) is 11.9. The first-order chi connectivity index (χ1) is 18.5. The van der Waals surface area contributed by atoms with Gasteiger partial charge < -0.3 is 18.9 Å². The Labute approximate surface area is 238 Å². The van der Waals surface area contributed by atoms with Gasteiger partial charge in [0.25, 0.3) is 0 Å². The first-order valence-electron chi connectivity index (χ1n) is 13.7. The van der Waals surface area contributed by atoms with E-state index in [1.54, 1.807) is 79.0 Å². The van der Waals surface area contributed by atoms with Crippen LogP contribution in [-0.2, 0) is 22.4 Å². The molecule has 0 aliphatic rings. The van der Waals surface area contributed by atoms with Gasteiger partial charge in [-0.1, -0.05) is 13.8 Å². The van der Waals surface area contributed by atoms with Crippen LogP contribution >= 0.6 is 0 Å². The highest BCUT2D eigenvalue weighted by atomic mass is 16.5. The van der Waals surface area contributed by atoms with Gasteiger partial charge >= 0.3 is 11.9 Å². The van der Waals surface area contributed by atoms with E-state index in [0.717, 1.165) is 11.1 Å². The maximum Gasteiger partial charge on any atom is 0.316 e. The highest BCUT2D eigenvalue weighted by Crippen LogP contribution is 2.46. The summed E-state index contributed by atoms with van der Waals surface area (Å²) in [5, 5.41) is 0. The lowest BCUT2D eigenvalue weighted by atomic mass is 9.94. The Morgan fingerprint density at radius 2 is 1.27 bits per heavy atom. The van der Waals surface area contributed by atoms with Crippen LogP contribution in [-0.4, -0.2) is 30.9 Å². The van der Waals surface area contributed by atoms with Crippen molar-refractivity contribution < 1.29 is 33.3 Å². The minimum absolute atomic E-state index is 0.181. The molecule has 0 fully saturated rings. The Kier molecular flexibility index (Phi) is 10.7. The average molecular weight is 553 g/mol. The Morgan fingerprint density at radius 1 is 0.775 bits per heavy atom. The van der Waals surface area contributed by atoms with Gasteiger partial charge in [0.05, 0.1) is 29.6 Å². The SMILES string of the molecule is CCc1c(OC(=O)C(C)(C)C)c(C=CC(=O)c2ccc(OC(=O)C(C)(C)C)cc2)c(OC(C)C)c(CC)c1OC. The van der Waals surface area contributed by atoms with Gasteiger partial charge in [-0.25, -0.2) is 0 Å². The van der Waals surface area contributed by atoms with E-state index in [4.69, 9.17) is 18.9 Å². The maximum absolute atomic E-state index is 13.2. The Balaban J connectivity index is 2.64. The zero-order chi connectivity index (χ0) is 30.4. The summed E-state index contributed by atoms with van der Waals surface area (Å²) in [6, 6.07) is 6.39. The van der Waals surface area contributed by atoms with Crippen molar-refractivity contribution in [2.45, 2.75) is 88.2 Å². The zero-order valence-electron chi connectivity index (χ0n) is 25.8. The first-order valence-corrected chi connectivity index (χ1v) is 13.7. The summed E-state index contributed by atoms with van der Waals surface area (Å²) in [4.78, 5) is 38.4. The topological polar surface area (TPSA) is 88.1 Å². The van der Waals surface area contributed by atoms with Crippen molar-refractivity contribution in [3.8, 4) is 23.0 Å². The highest BCUT2D eigenvalue weighted by molar-refractivity contribution is 6.07. The number of ether oxygens (including phenoxy) is 4. The molecule has 0 atom stereocenters. The van der Waals surface area contributed by atoms with Crippen molar-refractivity contribution in [3.05, 3.63) is 52.6 Å². The molecule has 7 heteroatoms. The Morgan fingerprint density at radius 3 is 1.73 bits per heavy atom. The summed E-state index contributed by atoms with van der Waals surface area (Å²) in [6.07, 6.45) is 4.03. The van der Waals surface area contributed by atoms with E-state index in [1.807, 2.05) is 27.7 Å². The number of allylic oxidation sites excluding steroid dienone is 1. The van der Waals surface area contributed by atoms with Gasteiger partial charge in [0.2, 0.25) is 0 Å². The lowest BCUT2D eigenvalue weighted by Crippen LogP contribution is -2.26. The predicted molar refractivity (Wildman–Crippen MR) is 158 cm³/mol. The van der Waals surface area contributed by atoms with Crippen LogP contribution in [0.2, 0.25) is 0 Å². The third-order valence-electron chi connectivity index (χ3n) is 6.02. The molecule has 2 rings (SSSR count). The van der Waals surface area contributed by atoms with Crippen LogP contribution in [0.15, 0.2) is 30.3 Å². The minimum atomic E-state index is -0.754. The number of benzene rings is 2. The van der Waals surface area contributed by atoms with E-state index in [0.29, 0.717) is 47.0 Å². The Bertz CT molecular complexity index is 1250. The smallest absolute Gasteiger partial charge is 0.316 e. The number of hydrogen-bond acceptors (Lipinski definition) is 7. The van der Waals surface area contributed by atoms with Gasteiger partial charge in [-0.05, 0) is 105 Å². The fourth-order valence-electron chi connectivity index (χ4n) is 3.79. The first kappa shape index (κ1) is 32.6. The molecule has 0 aliphatic heterocycles. The number of ketones is 1. The van der Waals surface area contributed by atoms with Crippen LogP contribution < -0.4 is 18.9 Å². The number of carbonyl (C=O) groups is 3. The summed E-state index contributed by atoms with van der Waals surface area (Å²) in [7, 11) is 1.59. The fourth-order valence-corrected chi connectivity index (χ4v) is 3.79. The van der Waals surface area contributed by atoms with Crippen LogP contribution in [0.4, 0.5) is 0 Å². The monoisotopic (exact) mass is 552 g/mol. The molecule has 0 radical (unpaired) electrons. The van der Waals surface area contributed by atoms with Crippen molar-refractivity contribution >= 4 is 23.8 Å². The van der Waals surface area contributed by atoms with Gasteiger partial charge in [0, 0.05) is 16.7 Å². The summed E-state index contributed by atoms with van der Waals surface area (Å²) in [6.45, 7) is 18.4. The van der Waals surface area contributed by atoms with Gasteiger partial charge in [0.15, 0.2) is 5.78 Å². The molecule has 0 spiro atoms. The molecule has 2 aromatic rings. The molecular weight excluding hydrogens is 508 g/mol. The van der Waals surface area contributed by atoms with Gasteiger partial charge in [-0.2, -0.15) is 0 Å². The van der Waals surface area contributed by atoms with Crippen LogP contribution in [0.5, 0.6) is 23.0 Å². The van der Waals surface area contributed by atoms with Crippen LogP contribution in [0.3, 0.4) is 0 Å². The lowest BCUT2D eigenvalue weighted by molar-refractivity contribution is -0.143. The summed E-state index contributed by atoms with van der Waals surface area (Å²) >= 11 is 0. The summed E-state index contributed by atoms with van der Waals surface area (Å²) in [5.41, 5.74) is 1.08. The van der Waals surface area contributed by atoms with E-state index in [9.17, 15) is 14.4 Å². The van der Waals surface area contributed by atoms with Gasteiger partial charge in [-0.3, -0.25) is 14.4 Å². The van der Waals surface area contributed by atoms with Crippen LogP contribution in [0, 0.1) is 10.8 Å². The molecule has 0 saturated carbocycles. The average Bonchev–Trinajstić information content (AvgIpc) is 2.86. The summed E-state index contributed by atoms with van der Waals surface area (Å²) in [5.74, 6) is 0.757. The summed E-state index contributed by atoms with van der Waals surface area (Å²) < 4.78 is 23.5. The maximum atomic E-state index is 13.2. The third-order valence-corrected chi connectivity index (χ3v) is 6.02. The van der Waals surface area contributed by atoms with E-state index < -0.39 is 16.8 Å². The van der Waals surface area contributed by atoms with Crippen molar-refractivity contribution in [2.75, 3.05) is 7.11 Å². The van der Waals surface area contributed by atoms with E-state index in [1.165, 1.54) is 6.08 Å². The molecule has 0 aliphatic carbocycles. The zero-order valence-corrected chi connectivity index (χ0v) is 25.8. The number of carbonyl (C=O) groups excluding carboxylic acids is 3. The van der Waals surface area contributed by atoms with Gasteiger partial charge in [0.1, 0.15) is 23.0 Å². The molecule has 2 aromatic carbocycles. The molecule has 40 heavy (non-hydrogen) atoms. The molecule has 0 heterocycles. The standard InChI is InChI=1S/C33H44O7/c1-12-23-27(37-11)24(13-2)29(40-31(36)33(8,9)10)25(28(23)38-20(3)4)18-19-26(34)21-14-16-22(17-15-21)39-30(35)32(5,6)7/h14-20H,12-13H2,1-11H3. The molecule has 0 N–H and O–H groups in total. The van der Waals surface area contributed by atoms with Crippen LogP contribution in [0.1, 0.15) is 96.3 Å². The molecule has 0 aromatic heterocycles. The second-order valence-electron chi connectivity index (χ2n) is 11.9. The minimum Gasteiger partial charge on any atom is -0.496 e. The quantitative estimate of drug-likeness (QED) is 0.131.